The van der Waals surface area contributed by atoms with Crippen molar-refractivity contribution in [2.45, 2.75) is 122 Å². The minimum Gasteiger partial charge on any atom is -0.483 e. The van der Waals surface area contributed by atoms with E-state index in [1.54, 1.807) is 0 Å². The fourth-order valence-corrected chi connectivity index (χ4v) is 10.4. The molecule has 2 N–H and O–H groups in total. The first-order valence-corrected chi connectivity index (χ1v) is 18.1. The zero-order valence-electron chi connectivity index (χ0n) is 30.3. The highest BCUT2D eigenvalue weighted by molar-refractivity contribution is 6.16. The standard InChI is InChI=1S/C41H44O7.CH2O2/c1-20(2)26-16-27-28(19-40-15-9-14-38(5,6)30(40)17-29(27)47-40)35-34(26)46-37-39(7,48-35)32-33(45-37)25-13-12-23-21(3)10-8-11-24(23)31(25)41(44,36(32)43)18-22(4)42;2-1-3/h8,10-13,16,20,29-30,37,44H,9,14-15,17-19H2,1-7H3;1H,(H,2,3)/t29-,30+,37-,39-,40+,41-;/m1./s1. The molecule has 9 nitrogen and oxygen atoms in total. The molecule has 6 aliphatic rings. The molecule has 4 aliphatic heterocycles. The zero-order valence-corrected chi connectivity index (χ0v) is 30.3. The monoisotopic (exact) mass is 694 g/mol. The quantitative estimate of drug-likeness (QED) is 0.266. The van der Waals surface area contributed by atoms with E-state index in [1.165, 1.54) is 13.3 Å². The van der Waals surface area contributed by atoms with Crippen molar-refractivity contribution in [3.63, 3.8) is 0 Å². The van der Waals surface area contributed by atoms with E-state index in [4.69, 9.17) is 28.8 Å². The average Bonchev–Trinajstić information content (AvgIpc) is 3.54. The van der Waals surface area contributed by atoms with Gasteiger partial charge < -0.3 is 29.2 Å². The molecule has 1 spiro atoms. The van der Waals surface area contributed by atoms with Crippen LogP contribution >= 0.6 is 0 Å². The summed E-state index contributed by atoms with van der Waals surface area (Å²) in [6.45, 7) is 14.1. The summed E-state index contributed by atoms with van der Waals surface area (Å²) in [5.41, 5.74) is 1.95. The molecule has 6 atom stereocenters. The summed E-state index contributed by atoms with van der Waals surface area (Å²) < 4.78 is 27.7. The number of hydrogen-bond donors (Lipinski definition) is 2. The number of Topliss-reactive ketones (excluding diaryl/α,β-unsaturated/α-hetero) is 2. The molecule has 3 aromatic carbocycles. The lowest BCUT2D eigenvalue weighted by Crippen LogP contribution is -2.55. The second-order valence-corrected chi connectivity index (χ2v) is 16.6. The van der Waals surface area contributed by atoms with Gasteiger partial charge in [-0.1, -0.05) is 64.4 Å². The molecule has 9 rings (SSSR count). The molecular formula is C42H46O9. The summed E-state index contributed by atoms with van der Waals surface area (Å²) in [6, 6.07) is 11.9. The van der Waals surface area contributed by atoms with Gasteiger partial charge in [0.15, 0.2) is 17.1 Å². The first-order chi connectivity index (χ1) is 24.1. The topological polar surface area (TPSA) is 129 Å². The van der Waals surface area contributed by atoms with Crippen LogP contribution in [-0.4, -0.2) is 45.7 Å². The maximum Gasteiger partial charge on any atom is 0.290 e. The molecule has 1 saturated heterocycles. The van der Waals surface area contributed by atoms with E-state index in [-0.39, 0.29) is 47.3 Å². The molecule has 51 heavy (non-hydrogen) atoms. The van der Waals surface area contributed by atoms with Gasteiger partial charge in [0.1, 0.15) is 11.5 Å². The summed E-state index contributed by atoms with van der Waals surface area (Å²) in [6.07, 6.45) is 3.68. The van der Waals surface area contributed by atoms with Crippen molar-refractivity contribution in [2.75, 3.05) is 0 Å². The fraction of sp³-hybridized carbons (Fsp3) is 0.500. The number of aliphatic hydroxyl groups is 1. The third kappa shape index (κ3) is 4.56. The molecule has 3 aromatic rings. The Balaban J connectivity index is 0.00000121. The van der Waals surface area contributed by atoms with Crippen LogP contribution in [0.2, 0.25) is 0 Å². The maximum atomic E-state index is 14.9. The van der Waals surface area contributed by atoms with Crippen molar-refractivity contribution in [1.82, 2.24) is 0 Å². The number of ether oxygens (including phenoxy) is 4. The van der Waals surface area contributed by atoms with Crippen LogP contribution in [0.3, 0.4) is 0 Å². The molecule has 0 aromatic heterocycles. The number of aryl methyl sites for hydroxylation is 1. The third-order valence-electron chi connectivity index (χ3n) is 12.7. The minimum atomic E-state index is -2.09. The Hall–Kier alpha value is -4.21. The molecule has 2 bridgehead atoms. The van der Waals surface area contributed by atoms with Gasteiger partial charge in [0, 0.05) is 35.1 Å². The molecular weight excluding hydrogens is 648 g/mol. The Bertz CT molecular complexity index is 2080. The Morgan fingerprint density at radius 1 is 1.06 bits per heavy atom. The predicted octanol–water partition coefficient (Wildman–Crippen LogP) is 7.60. The van der Waals surface area contributed by atoms with E-state index in [9.17, 15) is 14.7 Å². The van der Waals surface area contributed by atoms with Crippen molar-refractivity contribution in [1.29, 1.82) is 0 Å². The second kappa shape index (κ2) is 11.1. The Morgan fingerprint density at radius 2 is 1.80 bits per heavy atom. The molecule has 0 unspecified atom stereocenters. The van der Waals surface area contributed by atoms with Crippen LogP contribution in [0, 0.1) is 18.3 Å². The number of rotatable bonds is 3. The number of carboxylic acid groups (broad SMARTS) is 1. The van der Waals surface area contributed by atoms with Gasteiger partial charge in [0.25, 0.3) is 12.8 Å². The number of fused-ring (bicyclic) bond motifs is 11. The predicted molar refractivity (Wildman–Crippen MR) is 190 cm³/mol. The van der Waals surface area contributed by atoms with Gasteiger partial charge in [-0.25, -0.2) is 0 Å². The smallest absolute Gasteiger partial charge is 0.290 e. The van der Waals surface area contributed by atoms with Crippen LogP contribution in [0.15, 0.2) is 42.0 Å². The van der Waals surface area contributed by atoms with Gasteiger partial charge in [0.2, 0.25) is 11.4 Å². The van der Waals surface area contributed by atoms with Crippen molar-refractivity contribution in [3.05, 3.63) is 75.4 Å². The van der Waals surface area contributed by atoms with Crippen molar-refractivity contribution in [3.8, 4) is 11.5 Å². The summed E-state index contributed by atoms with van der Waals surface area (Å²) >= 11 is 0. The second-order valence-electron chi connectivity index (χ2n) is 16.6. The van der Waals surface area contributed by atoms with Gasteiger partial charge in [-0.2, -0.15) is 0 Å². The van der Waals surface area contributed by atoms with Crippen LogP contribution in [0.4, 0.5) is 0 Å². The summed E-state index contributed by atoms with van der Waals surface area (Å²) in [5.74, 6) is 1.38. The Morgan fingerprint density at radius 3 is 2.51 bits per heavy atom. The van der Waals surface area contributed by atoms with Gasteiger partial charge in [-0.05, 0) is 85.3 Å². The van der Waals surface area contributed by atoms with Crippen LogP contribution in [0.5, 0.6) is 11.5 Å². The summed E-state index contributed by atoms with van der Waals surface area (Å²) in [7, 11) is 0. The number of benzene rings is 3. The normalized spacial score (nSPS) is 31.8. The number of carbonyl (C=O) groups excluding carboxylic acids is 2. The summed E-state index contributed by atoms with van der Waals surface area (Å²) in [5, 5.41) is 21.0. The first kappa shape index (κ1) is 33.9. The van der Waals surface area contributed by atoms with Gasteiger partial charge >= 0.3 is 0 Å². The van der Waals surface area contributed by atoms with Crippen LogP contribution in [0.25, 0.3) is 16.5 Å². The Kier molecular flexibility index (Phi) is 7.41. The lowest BCUT2D eigenvalue weighted by atomic mass is 9.60. The van der Waals surface area contributed by atoms with Crippen molar-refractivity contribution < 1.29 is 43.5 Å². The van der Waals surface area contributed by atoms with E-state index in [2.05, 4.69) is 33.8 Å². The van der Waals surface area contributed by atoms with Crippen LogP contribution < -0.4 is 9.47 Å². The van der Waals surface area contributed by atoms with Gasteiger partial charge in [-0.15, -0.1) is 0 Å². The molecule has 0 radical (unpaired) electrons. The number of carbonyl (C=O) groups is 3. The lowest BCUT2D eigenvalue weighted by Gasteiger charge is -2.49. The molecule has 2 aliphatic carbocycles. The van der Waals surface area contributed by atoms with E-state index in [0.29, 0.717) is 34.3 Å². The molecule has 4 heterocycles. The van der Waals surface area contributed by atoms with Crippen LogP contribution in [-0.2, 0) is 35.9 Å². The van der Waals surface area contributed by atoms with Gasteiger partial charge in [0.05, 0.1) is 17.3 Å². The zero-order chi connectivity index (χ0) is 36.4. The van der Waals surface area contributed by atoms with Crippen molar-refractivity contribution in [2.24, 2.45) is 11.3 Å². The third-order valence-corrected chi connectivity index (χ3v) is 12.7. The Labute approximate surface area is 297 Å². The highest BCUT2D eigenvalue weighted by Gasteiger charge is 2.65. The number of ketones is 2. The van der Waals surface area contributed by atoms with Crippen molar-refractivity contribution >= 4 is 34.6 Å². The molecule has 9 heteroatoms. The van der Waals surface area contributed by atoms with Gasteiger partial charge in [-0.3, -0.25) is 14.4 Å². The molecule has 2 fully saturated rings. The highest BCUT2D eigenvalue weighted by Crippen LogP contribution is 2.65. The van der Waals surface area contributed by atoms with Crippen LogP contribution in [0.1, 0.15) is 119 Å². The largest absolute Gasteiger partial charge is 0.483 e. The van der Waals surface area contributed by atoms with E-state index < -0.39 is 23.3 Å². The number of hydrogen-bond acceptors (Lipinski definition) is 8. The highest BCUT2D eigenvalue weighted by atomic mass is 16.7. The fourth-order valence-electron chi connectivity index (χ4n) is 10.4. The lowest BCUT2D eigenvalue weighted by molar-refractivity contribution is -0.148. The SMILES string of the molecule is CC(=O)C[C@]1(O)C(=O)C2=C(O[C@@H]3Oc4c(C(C)C)cc5c(c4O[C@]23C)C[C@@]23CCCC(C)(C)[C@@H]2C[C@H]5O3)c2ccc3c(C)cccc3c21.O=CO. The minimum absolute atomic E-state index is 0.0248. The summed E-state index contributed by atoms with van der Waals surface area (Å²) in [4.78, 5) is 36.0. The van der Waals surface area contributed by atoms with E-state index >= 15 is 0 Å². The van der Waals surface area contributed by atoms with E-state index in [1.807, 2.05) is 44.2 Å². The average molecular weight is 695 g/mol. The maximum absolute atomic E-state index is 14.9. The molecule has 0 amide bonds. The van der Waals surface area contributed by atoms with E-state index in [0.717, 1.165) is 58.7 Å². The first-order valence-electron chi connectivity index (χ1n) is 18.1. The molecule has 268 valence electrons. The molecule has 1 saturated carbocycles.